The minimum atomic E-state index is 0.552. The molecule has 0 aromatic heterocycles. The molecule has 108 valence electrons. The molecule has 0 spiro atoms. The molecule has 0 radical (unpaired) electrons. The van der Waals surface area contributed by atoms with Crippen LogP contribution in [0.15, 0.2) is 0 Å². The highest BCUT2D eigenvalue weighted by atomic mass is 16.5. The summed E-state index contributed by atoms with van der Waals surface area (Å²) in [6, 6.07) is 0. The second-order valence-corrected chi connectivity index (χ2v) is 5.26. The van der Waals surface area contributed by atoms with Crippen molar-refractivity contribution in [1.29, 1.82) is 0 Å². The average molecular weight is 256 g/mol. The van der Waals surface area contributed by atoms with E-state index in [-0.39, 0.29) is 0 Å². The summed E-state index contributed by atoms with van der Waals surface area (Å²) in [5, 5.41) is 3.55. The predicted octanol–water partition coefficient (Wildman–Crippen LogP) is 2.66. The first-order chi connectivity index (χ1) is 8.86. The van der Waals surface area contributed by atoms with Crippen molar-refractivity contribution in [2.24, 2.45) is 0 Å². The maximum absolute atomic E-state index is 5.73. The van der Waals surface area contributed by atoms with Crippen LogP contribution in [0, 0.1) is 0 Å². The van der Waals surface area contributed by atoms with Gasteiger partial charge in [-0.15, -0.1) is 0 Å². The third kappa shape index (κ3) is 7.34. The van der Waals surface area contributed by atoms with Crippen LogP contribution < -0.4 is 5.32 Å². The lowest BCUT2D eigenvalue weighted by molar-refractivity contribution is 0.0102. The van der Waals surface area contributed by atoms with Gasteiger partial charge in [-0.05, 0) is 71.2 Å². The fourth-order valence-corrected chi connectivity index (χ4v) is 2.58. The van der Waals surface area contributed by atoms with E-state index in [2.05, 4.69) is 24.1 Å². The van der Waals surface area contributed by atoms with E-state index in [1.54, 1.807) is 0 Å². The molecule has 1 aliphatic rings. The Morgan fingerprint density at radius 1 is 1.11 bits per heavy atom. The lowest BCUT2D eigenvalue weighted by Crippen LogP contribution is -2.28. The Morgan fingerprint density at radius 2 is 1.89 bits per heavy atom. The van der Waals surface area contributed by atoms with Crippen molar-refractivity contribution in [3.8, 4) is 0 Å². The van der Waals surface area contributed by atoms with E-state index in [0.29, 0.717) is 6.10 Å². The van der Waals surface area contributed by atoms with Crippen molar-refractivity contribution in [1.82, 2.24) is 10.2 Å². The van der Waals surface area contributed by atoms with Crippen molar-refractivity contribution in [3.05, 3.63) is 0 Å². The van der Waals surface area contributed by atoms with Crippen LogP contribution in [-0.2, 0) is 4.74 Å². The van der Waals surface area contributed by atoms with E-state index < -0.39 is 0 Å². The molecular formula is C15H32N2O. The SMILES string of the molecule is CCN(CC)CCCNCCCC1CCCCO1. The second kappa shape index (κ2) is 10.8. The Hall–Kier alpha value is -0.120. The van der Waals surface area contributed by atoms with Crippen LogP contribution in [0.1, 0.15) is 52.4 Å². The third-order valence-electron chi connectivity index (χ3n) is 3.88. The van der Waals surface area contributed by atoms with Crippen molar-refractivity contribution in [2.75, 3.05) is 39.3 Å². The van der Waals surface area contributed by atoms with Gasteiger partial charge in [-0.3, -0.25) is 0 Å². The van der Waals surface area contributed by atoms with Crippen LogP contribution in [0.5, 0.6) is 0 Å². The minimum Gasteiger partial charge on any atom is -0.378 e. The van der Waals surface area contributed by atoms with Crippen LogP contribution in [0.3, 0.4) is 0 Å². The molecular weight excluding hydrogens is 224 g/mol. The molecule has 1 aliphatic heterocycles. The largest absolute Gasteiger partial charge is 0.378 e. The molecule has 3 nitrogen and oxygen atoms in total. The Balaban J connectivity index is 1.83. The number of hydrogen-bond donors (Lipinski definition) is 1. The summed E-state index contributed by atoms with van der Waals surface area (Å²) < 4.78 is 5.73. The second-order valence-electron chi connectivity index (χ2n) is 5.26. The Bertz CT molecular complexity index is 177. The minimum absolute atomic E-state index is 0.552. The van der Waals surface area contributed by atoms with Crippen LogP contribution in [0.25, 0.3) is 0 Å². The first-order valence-electron chi connectivity index (χ1n) is 7.91. The zero-order valence-corrected chi connectivity index (χ0v) is 12.4. The van der Waals surface area contributed by atoms with Crippen molar-refractivity contribution < 1.29 is 4.74 Å². The van der Waals surface area contributed by atoms with Gasteiger partial charge in [0.25, 0.3) is 0 Å². The van der Waals surface area contributed by atoms with Gasteiger partial charge in [0.15, 0.2) is 0 Å². The number of nitrogens with one attached hydrogen (secondary N) is 1. The molecule has 0 aromatic carbocycles. The average Bonchev–Trinajstić information content (AvgIpc) is 2.43. The van der Waals surface area contributed by atoms with Crippen molar-refractivity contribution in [3.63, 3.8) is 0 Å². The number of rotatable bonds is 10. The van der Waals surface area contributed by atoms with E-state index in [1.165, 1.54) is 58.2 Å². The third-order valence-corrected chi connectivity index (χ3v) is 3.88. The molecule has 1 rings (SSSR count). The molecule has 0 saturated carbocycles. The van der Waals surface area contributed by atoms with Gasteiger partial charge < -0.3 is 15.0 Å². The molecule has 0 aromatic rings. The first-order valence-corrected chi connectivity index (χ1v) is 7.91. The first kappa shape index (κ1) is 15.9. The lowest BCUT2D eigenvalue weighted by atomic mass is 10.0. The quantitative estimate of drug-likeness (QED) is 0.608. The summed E-state index contributed by atoms with van der Waals surface area (Å²) in [6.07, 6.45) is 8.22. The molecule has 1 saturated heterocycles. The van der Waals surface area contributed by atoms with E-state index in [9.17, 15) is 0 Å². The summed E-state index contributed by atoms with van der Waals surface area (Å²) in [6.45, 7) is 11.3. The number of nitrogens with zero attached hydrogens (tertiary/aromatic N) is 1. The van der Waals surface area contributed by atoms with Crippen LogP contribution in [0.4, 0.5) is 0 Å². The van der Waals surface area contributed by atoms with Gasteiger partial charge in [-0.2, -0.15) is 0 Å². The van der Waals surface area contributed by atoms with Crippen molar-refractivity contribution >= 4 is 0 Å². The fourth-order valence-electron chi connectivity index (χ4n) is 2.58. The zero-order chi connectivity index (χ0) is 13.1. The topological polar surface area (TPSA) is 24.5 Å². The van der Waals surface area contributed by atoms with Crippen LogP contribution >= 0.6 is 0 Å². The molecule has 18 heavy (non-hydrogen) atoms. The normalized spacial score (nSPS) is 20.5. The summed E-state index contributed by atoms with van der Waals surface area (Å²) in [7, 11) is 0. The predicted molar refractivity (Wildman–Crippen MR) is 78.1 cm³/mol. The molecule has 0 bridgehead atoms. The Labute approximate surface area is 113 Å². The van der Waals surface area contributed by atoms with Crippen LogP contribution in [0.2, 0.25) is 0 Å². The van der Waals surface area contributed by atoms with E-state index in [1.807, 2.05) is 0 Å². The monoisotopic (exact) mass is 256 g/mol. The summed E-state index contributed by atoms with van der Waals surface area (Å²) in [5.74, 6) is 0. The van der Waals surface area contributed by atoms with Gasteiger partial charge in [-0.25, -0.2) is 0 Å². The molecule has 3 heteroatoms. The highest BCUT2D eigenvalue weighted by molar-refractivity contribution is 4.64. The standard InChI is InChI=1S/C15H32N2O/c1-3-17(4-2)13-8-12-16-11-7-10-15-9-5-6-14-18-15/h15-16H,3-14H2,1-2H3. The van der Waals surface area contributed by atoms with E-state index >= 15 is 0 Å². The smallest absolute Gasteiger partial charge is 0.0575 e. The summed E-state index contributed by atoms with van der Waals surface area (Å²) in [5.41, 5.74) is 0. The van der Waals surface area contributed by atoms with Gasteiger partial charge >= 0.3 is 0 Å². The van der Waals surface area contributed by atoms with E-state index in [0.717, 1.165) is 19.7 Å². The maximum atomic E-state index is 5.73. The zero-order valence-electron chi connectivity index (χ0n) is 12.4. The molecule has 1 fully saturated rings. The van der Waals surface area contributed by atoms with Gasteiger partial charge in [0.1, 0.15) is 0 Å². The molecule has 0 amide bonds. The summed E-state index contributed by atoms with van der Waals surface area (Å²) >= 11 is 0. The summed E-state index contributed by atoms with van der Waals surface area (Å²) in [4.78, 5) is 2.48. The Morgan fingerprint density at radius 3 is 2.56 bits per heavy atom. The Kier molecular flexibility index (Phi) is 9.54. The lowest BCUT2D eigenvalue weighted by Gasteiger charge is -2.22. The van der Waals surface area contributed by atoms with E-state index in [4.69, 9.17) is 4.74 Å². The van der Waals surface area contributed by atoms with Crippen molar-refractivity contribution in [2.45, 2.75) is 58.5 Å². The molecule has 1 atom stereocenters. The fraction of sp³-hybridized carbons (Fsp3) is 1.00. The molecule has 0 aliphatic carbocycles. The highest BCUT2D eigenvalue weighted by Crippen LogP contribution is 2.16. The highest BCUT2D eigenvalue weighted by Gasteiger charge is 2.12. The maximum Gasteiger partial charge on any atom is 0.0575 e. The molecule has 1 N–H and O–H groups in total. The number of ether oxygens (including phenoxy) is 1. The van der Waals surface area contributed by atoms with Gasteiger partial charge in [0, 0.05) is 6.61 Å². The van der Waals surface area contributed by atoms with Crippen LogP contribution in [-0.4, -0.2) is 50.3 Å². The van der Waals surface area contributed by atoms with Gasteiger partial charge in [0.05, 0.1) is 6.10 Å². The van der Waals surface area contributed by atoms with Gasteiger partial charge in [0.2, 0.25) is 0 Å². The van der Waals surface area contributed by atoms with Gasteiger partial charge in [-0.1, -0.05) is 13.8 Å². The number of hydrogen-bond acceptors (Lipinski definition) is 3. The molecule has 1 heterocycles. The molecule has 1 unspecified atom stereocenters.